The molecule has 0 saturated heterocycles. The second kappa shape index (κ2) is 5.76. The molecule has 0 radical (unpaired) electrons. The number of hydrogen-bond donors (Lipinski definition) is 2. The summed E-state index contributed by atoms with van der Waals surface area (Å²) in [5, 5.41) is 1.55. The van der Waals surface area contributed by atoms with E-state index in [0.29, 0.717) is 4.88 Å². The summed E-state index contributed by atoms with van der Waals surface area (Å²) in [6.45, 7) is 0.0270. The highest BCUT2D eigenvalue weighted by molar-refractivity contribution is 9.10. The molecule has 2 rings (SSSR count). The Morgan fingerprint density at radius 3 is 2.45 bits per heavy atom. The molecular formula is C11H9BrF2N2O2S2. The van der Waals surface area contributed by atoms with Crippen molar-refractivity contribution in [2.75, 3.05) is 4.72 Å². The van der Waals surface area contributed by atoms with Crippen molar-refractivity contribution in [3.8, 4) is 0 Å². The molecule has 0 aliphatic carbocycles. The molecule has 0 unspecified atom stereocenters. The number of hydrogen-bond acceptors (Lipinski definition) is 4. The number of nitrogens with one attached hydrogen (secondary N) is 1. The van der Waals surface area contributed by atoms with Crippen molar-refractivity contribution in [2.45, 2.75) is 11.4 Å². The molecule has 3 N–H and O–H groups in total. The molecule has 108 valence electrons. The Labute approximate surface area is 126 Å². The van der Waals surface area contributed by atoms with E-state index in [2.05, 4.69) is 15.9 Å². The van der Waals surface area contributed by atoms with Gasteiger partial charge in [-0.3, -0.25) is 4.72 Å². The van der Waals surface area contributed by atoms with Crippen molar-refractivity contribution in [2.24, 2.45) is 5.73 Å². The monoisotopic (exact) mass is 382 g/mol. The molecule has 1 heterocycles. The van der Waals surface area contributed by atoms with Crippen molar-refractivity contribution in [3.05, 3.63) is 44.6 Å². The molecule has 0 amide bonds. The van der Waals surface area contributed by atoms with Gasteiger partial charge < -0.3 is 5.73 Å². The average Bonchev–Trinajstić information content (AvgIpc) is 2.83. The van der Waals surface area contributed by atoms with Crippen LogP contribution in [-0.4, -0.2) is 8.42 Å². The number of nitrogens with two attached hydrogens (primary N) is 1. The molecular weight excluding hydrogens is 374 g/mol. The highest BCUT2D eigenvalue weighted by Gasteiger charge is 2.22. The van der Waals surface area contributed by atoms with E-state index >= 15 is 0 Å². The quantitative estimate of drug-likeness (QED) is 0.853. The second-order valence-electron chi connectivity index (χ2n) is 3.76. The minimum atomic E-state index is -4.09. The number of anilines is 1. The van der Waals surface area contributed by atoms with Crippen molar-refractivity contribution in [1.29, 1.82) is 0 Å². The molecule has 0 saturated carbocycles. The standard InChI is InChI=1S/C11H9BrF2N2O2S2/c12-6-3-7(13)11(8(14)4-6)16-20(17,18)10-1-2-19-9(10)5-15/h1-4,16H,5,15H2. The van der Waals surface area contributed by atoms with Gasteiger partial charge in [-0.1, -0.05) is 15.9 Å². The van der Waals surface area contributed by atoms with Crippen LogP contribution in [0.25, 0.3) is 0 Å². The van der Waals surface area contributed by atoms with Crippen LogP contribution in [0.15, 0.2) is 32.9 Å². The van der Waals surface area contributed by atoms with Gasteiger partial charge >= 0.3 is 0 Å². The minimum Gasteiger partial charge on any atom is -0.326 e. The van der Waals surface area contributed by atoms with Gasteiger partial charge in [0.15, 0.2) is 11.6 Å². The lowest BCUT2D eigenvalue weighted by atomic mass is 10.3. The van der Waals surface area contributed by atoms with Crippen LogP contribution in [-0.2, 0) is 16.6 Å². The fourth-order valence-electron chi connectivity index (χ4n) is 1.55. The Morgan fingerprint density at radius 1 is 1.30 bits per heavy atom. The SMILES string of the molecule is NCc1sccc1S(=O)(=O)Nc1c(F)cc(Br)cc1F. The van der Waals surface area contributed by atoms with Crippen LogP contribution in [0.4, 0.5) is 14.5 Å². The van der Waals surface area contributed by atoms with E-state index in [4.69, 9.17) is 5.73 Å². The summed E-state index contributed by atoms with van der Waals surface area (Å²) in [5.74, 6) is -2.02. The first-order valence-corrected chi connectivity index (χ1v) is 8.44. The maximum absolute atomic E-state index is 13.6. The fourth-order valence-corrected chi connectivity index (χ4v) is 4.36. The Bertz CT molecular complexity index is 724. The van der Waals surface area contributed by atoms with Crippen LogP contribution >= 0.6 is 27.3 Å². The molecule has 0 atom stereocenters. The van der Waals surface area contributed by atoms with E-state index in [1.165, 1.54) is 6.07 Å². The van der Waals surface area contributed by atoms with Crippen LogP contribution in [0.3, 0.4) is 0 Å². The van der Waals surface area contributed by atoms with E-state index in [1.54, 1.807) is 5.38 Å². The summed E-state index contributed by atoms with van der Waals surface area (Å²) in [6, 6.07) is 3.28. The molecule has 0 bridgehead atoms. The van der Waals surface area contributed by atoms with Gasteiger partial charge in [-0.05, 0) is 23.6 Å². The molecule has 4 nitrogen and oxygen atoms in total. The molecule has 0 aliphatic heterocycles. The van der Waals surface area contributed by atoms with Gasteiger partial charge in [0.2, 0.25) is 0 Å². The van der Waals surface area contributed by atoms with Crippen LogP contribution in [0.1, 0.15) is 4.88 Å². The number of sulfonamides is 1. The number of benzene rings is 1. The van der Waals surface area contributed by atoms with Crippen molar-refractivity contribution >= 4 is 43.0 Å². The third kappa shape index (κ3) is 3.00. The van der Waals surface area contributed by atoms with Crippen LogP contribution in [0, 0.1) is 11.6 Å². The second-order valence-corrected chi connectivity index (χ2v) is 7.33. The first-order chi connectivity index (χ1) is 9.35. The van der Waals surface area contributed by atoms with E-state index in [9.17, 15) is 17.2 Å². The fraction of sp³-hybridized carbons (Fsp3) is 0.0909. The predicted octanol–water partition coefficient (Wildman–Crippen LogP) is 3.05. The van der Waals surface area contributed by atoms with Crippen LogP contribution < -0.4 is 10.5 Å². The number of rotatable bonds is 4. The van der Waals surface area contributed by atoms with Gasteiger partial charge in [0.25, 0.3) is 10.0 Å². The zero-order chi connectivity index (χ0) is 14.9. The Morgan fingerprint density at radius 2 is 1.90 bits per heavy atom. The van der Waals surface area contributed by atoms with Gasteiger partial charge in [0.05, 0.1) is 0 Å². The van der Waals surface area contributed by atoms with E-state index in [-0.39, 0.29) is 15.9 Å². The third-order valence-corrected chi connectivity index (χ3v) is 5.39. The first-order valence-electron chi connectivity index (χ1n) is 5.29. The summed E-state index contributed by atoms with van der Waals surface area (Å²) in [4.78, 5) is 0.335. The topological polar surface area (TPSA) is 72.2 Å². The largest absolute Gasteiger partial charge is 0.326 e. The Kier molecular flexibility index (Phi) is 4.43. The van der Waals surface area contributed by atoms with Crippen molar-refractivity contribution in [3.63, 3.8) is 0 Å². The Balaban J connectivity index is 2.44. The van der Waals surface area contributed by atoms with Crippen molar-refractivity contribution < 1.29 is 17.2 Å². The third-order valence-electron chi connectivity index (χ3n) is 2.42. The molecule has 20 heavy (non-hydrogen) atoms. The van der Waals surface area contributed by atoms with E-state index in [0.717, 1.165) is 23.5 Å². The van der Waals surface area contributed by atoms with Crippen molar-refractivity contribution in [1.82, 2.24) is 0 Å². The zero-order valence-corrected chi connectivity index (χ0v) is 13.1. The normalized spacial score (nSPS) is 11.6. The highest BCUT2D eigenvalue weighted by atomic mass is 79.9. The lowest BCUT2D eigenvalue weighted by Crippen LogP contribution is -2.16. The summed E-state index contributed by atoms with van der Waals surface area (Å²) >= 11 is 4.07. The molecule has 2 aromatic rings. The average molecular weight is 383 g/mol. The molecule has 9 heteroatoms. The lowest BCUT2D eigenvalue weighted by Gasteiger charge is -2.10. The molecule has 1 aromatic carbocycles. The van der Waals surface area contributed by atoms with Gasteiger partial charge in [-0.2, -0.15) is 0 Å². The maximum Gasteiger partial charge on any atom is 0.263 e. The van der Waals surface area contributed by atoms with Gasteiger partial charge in [-0.15, -0.1) is 11.3 Å². The Hall–Kier alpha value is -1.03. The molecule has 0 spiro atoms. The highest BCUT2D eigenvalue weighted by Crippen LogP contribution is 2.28. The molecule has 0 aliphatic rings. The minimum absolute atomic E-state index is 0.0270. The molecule has 0 fully saturated rings. The first kappa shape index (κ1) is 15.4. The van der Waals surface area contributed by atoms with Crippen LogP contribution in [0.2, 0.25) is 0 Å². The van der Waals surface area contributed by atoms with Gasteiger partial charge in [0, 0.05) is 15.9 Å². The number of thiophene rings is 1. The summed E-state index contributed by atoms with van der Waals surface area (Å²) in [7, 11) is -4.09. The van der Waals surface area contributed by atoms with Crippen LogP contribution in [0.5, 0.6) is 0 Å². The zero-order valence-electron chi connectivity index (χ0n) is 9.86. The van der Waals surface area contributed by atoms with Gasteiger partial charge in [-0.25, -0.2) is 17.2 Å². The summed E-state index contributed by atoms with van der Waals surface area (Å²) in [6.07, 6.45) is 0. The maximum atomic E-state index is 13.6. The predicted molar refractivity (Wildman–Crippen MR) is 77.1 cm³/mol. The number of halogens is 3. The van der Waals surface area contributed by atoms with E-state index in [1.807, 2.05) is 4.72 Å². The smallest absolute Gasteiger partial charge is 0.263 e. The van der Waals surface area contributed by atoms with E-state index < -0.39 is 27.3 Å². The summed E-state index contributed by atoms with van der Waals surface area (Å²) in [5.41, 5.74) is 4.71. The molecule has 1 aromatic heterocycles. The summed E-state index contributed by atoms with van der Waals surface area (Å²) < 4.78 is 53.6. The van der Waals surface area contributed by atoms with Gasteiger partial charge in [0.1, 0.15) is 10.6 Å². The lowest BCUT2D eigenvalue weighted by molar-refractivity contribution is 0.581.